The van der Waals surface area contributed by atoms with Gasteiger partial charge in [0.2, 0.25) is 0 Å². The summed E-state index contributed by atoms with van der Waals surface area (Å²) in [6.45, 7) is 10.8. The molecular formula is C15H20. The van der Waals surface area contributed by atoms with E-state index in [4.69, 9.17) is 0 Å². The molecule has 0 heteroatoms. The minimum absolute atomic E-state index is 0.362. The van der Waals surface area contributed by atoms with Crippen molar-refractivity contribution in [1.29, 1.82) is 0 Å². The van der Waals surface area contributed by atoms with Crippen LogP contribution in [0.3, 0.4) is 0 Å². The lowest BCUT2D eigenvalue weighted by molar-refractivity contribution is 0.432. The van der Waals surface area contributed by atoms with Crippen LogP contribution < -0.4 is 0 Å². The fourth-order valence-corrected chi connectivity index (χ4v) is 2.58. The van der Waals surface area contributed by atoms with Gasteiger partial charge in [-0.3, -0.25) is 0 Å². The third kappa shape index (κ3) is 1.86. The van der Waals surface area contributed by atoms with Gasteiger partial charge < -0.3 is 0 Å². The van der Waals surface area contributed by atoms with Gasteiger partial charge in [0, 0.05) is 0 Å². The average molecular weight is 200 g/mol. The van der Waals surface area contributed by atoms with Crippen LogP contribution in [-0.2, 0) is 11.8 Å². The van der Waals surface area contributed by atoms with Crippen LogP contribution in [0.2, 0.25) is 0 Å². The molecule has 1 aliphatic carbocycles. The van der Waals surface area contributed by atoms with Crippen LogP contribution >= 0.6 is 0 Å². The Morgan fingerprint density at radius 2 is 2.07 bits per heavy atom. The van der Waals surface area contributed by atoms with Crippen molar-refractivity contribution in [3.05, 3.63) is 41.5 Å². The van der Waals surface area contributed by atoms with Crippen molar-refractivity contribution in [3.63, 3.8) is 0 Å². The standard InChI is InChI=1S/C15H20/c1-11(2)12-7-8-14-13(10-12)6-5-9-15(14,3)4/h7-8,10H,1,5-6,9H2,2-4H3. The molecule has 15 heavy (non-hydrogen) atoms. The number of benzene rings is 1. The topological polar surface area (TPSA) is 0 Å². The maximum absolute atomic E-state index is 4.01. The molecular weight excluding hydrogens is 180 g/mol. The first-order valence-corrected chi connectivity index (χ1v) is 5.80. The summed E-state index contributed by atoms with van der Waals surface area (Å²) in [5, 5.41) is 0. The minimum Gasteiger partial charge on any atom is -0.0955 e. The Morgan fingerprint density at radius 3 is 2.73 bits per heavy atom. The summed E-state index contributed by atoms with van der Waals surface area (Å²) < 4.78 is 0. The smallest absolute Gasteiger partial charge is 0.0101 e. The van der Waals surface area contributed by atoms with Gasteiger partial charge in [-0.1, -0.05) is 44.2 Å². The summed E-state index contributed by atoms with van der Waals surface area (Å²) in [7, 11) is 0. The van der Waals surface area contributed by atoms with E-state index in [-0.39, 0.29) is 0 Å². The number of rotatable bonds is 1. The highest BCUT2D eigenvalue weighted by Crippen LogP contribution is 2.37. The SMILES string of the molecule is C=C(C)c1ccc2c(c1)CCCC2(C)C. The van der Waals surface area contributed by atoms with E-state index in [1.165, 1.54) is 36.0 Å². The largest absolute Gasteiger partial charge is 0.0955 e. The third-order valence-electron chi connectivity index (χ3n) is 3.58. The number of aryl methyl sites for hydroxylation is 1. The second kappa shape index (κ2) is 3.52. The van der Waals surface area contributed by atoms with Crippen LogP contribution in [0.4, 0.5) is 0 Å². The molecule has 0 saturated heterocycles. The highest BCUT2D eigenvalue weighted by molar-refractivity contribution is 5.63. The summed E-state index contributed by atoms with van der Waals surface area (Å²) >= 11 is 0. The van der Waals surface area contributed by atoms with Gasteiger partial charge in [0.25, 0.3) is 0 Å². The molecule has 2 rings (SSSR count). The molecule has 0 saturated carbocycles. The van der Waals surface area contributed by atoms with Gasteiger partial charge in [-0.15, -0.1) is 0 Å². The lowest BCUT2D eigenvalue weighted by atomic mass is 9.72. The van der Waals surface area contributed by atoms with Crippen LogP contribution in [0.25, 0.3) is 5.57 Å². The van der Waals surface area contributed by atoms with Crippen molar-refractivity contribution >= 4 is 5.57 Å². The predicted octanol–water partition coefficient (Wildman–Crippen LogP) is 4.33. The van der Waals surface area contributed by atoms with E-state index >= 15 is 0 Å². The van der Waals surface area contributed by atoms with Crippen molar-refractivity contribution in [2.24, 2.45) is 0 Å². The fraction of sp³-hybridized carbons (Fsp3) is 0.467. The predicted molar refractivity (Wildman–Crippen MR) is 67.1 cm³/mol. The second-order valence-corrected chi connectivity index (χ2v) is 5.39. The monoisotopic (exact) mass is 200 g/mol. The molecule has 0 fully saturated rings. The summed E-state index contributed by atoms with van der Waals surface area (Å²) in [4.78, 5) is 0. The van der Waals surface area contributed by atoms with Crippen molar-refractivity contribution < 1.29 is 0 Å². The Labute approximate surface area is 93.0 Å². The Morgan fingerprint density at radius 1 is 1.33 bits per heavy atom. The number of fused-ring (bicyclic) bond motifs is 1. The van der Waals surface area contributed by atoms with Crippen LogP contribution in [0.5, 0.6) is 0 Å². The zero-order chi connectivity index (χ0) is 11.1. The Kier molecular flexibility index (Phi) is 2.46. The first kappa shape index (κ1) is 10.5. The lowest BCUT2D eigenvalue weighted by Gasteiger charge is -2.32. The molecule has 0 unspecified atom stereocenters. The molecule has 0 N–H and O–H groups in total. The molecule has 1 aliphatic rings. The van der Waals surface area contributed by atoms with Crippen LogP contribution in [0.15, 0.2) is 24.8 Å². The zero-order valence-corrected chi connectivity index (χ0v) is 10.1. The van der Waals surface area contributed by atoms with Crippen LogP contribution in [0.1, 0.15) is 50.3 Å². The first-order chi connectivity index (χ1) is 7.00. The van der Waals surface area contributed by atoms with Gasteiger partial charge in [0.1, 0.15) is 0 Å². The molecule has 0 nitrogen and oxygen atoms in total. The summed E-state index contributed by atoms with van der Waals surface area (Å²) in [5.41, 5.74) is 5.90. The molecule has 1 aromatic carbocycles. The van der Waals surface area contributed by atoms with E-state index in [9.17, 15) is 0 Å². The van der Waals surface area contributed by atoms with Crippen LogP contribution in [0, 0.1) is 0 Å². The Hall–Kier alpha value is -1.04. The zero-order valence-electron chi connectivity index (χ0n) is 10.1. The van der Waals surface area contributed by atoms with E-state index in [0.29, 0.717) is 5.41 Å². The minimum atomic E-state index is 0.362. The first-order valence-electron chi connectivity index (χ1n) is 5.80. The van der Waals surface area contributed by atoms with E-state index in [2.05, 4.69) is 45.5 Å². The molecule has 80 valence electrons. The van der Waals surface area contributed by atoms with Crippen LogP contribution in [-0.4, -0.2) is 0 Å². The van der Waals surface area contributed by atoms with Gasteiger partial charge in [-0.25, -0.2) is 0 Å². The Balaban J connectivity index is 2.50. The molecule has 0 amide bonds. The average Bonchev–Trinajstić information content (AvgIpc) is 2.16. The fourth-order valence-electron chi connectivity index (χ4n) is 2.58. The van der Waals surface area contributed by atoms with E-state index in [1.54, 1.807) is 5.56 Å². The number of allylic oxidation sites excluding steroid dienone is 1. The highest BCUT2D eigenvalue weighted by Gasteiger charge is 2.26. The maximum Gasteiger partial charge on any atom is -0.0101 e. The molecule has 0 radical (unpaired) electrons. The van der Waals surface area contributed by atoms with Gasteiger partial charge in [0.05, 0.1) is 0 Å². The van der Waals surface area contributed by atoms with Gasteiger partial charge >= 0.3 is 0 Å². The highest BCUT2D eigenvalue weighted by atomic mass is 14.3. The summed E-state index contributed by atoms with van der Waals surface area (Å²) in [6.07, 6.45) is 3.87. The number of hydrogen-bond acceptors (Lipinski definition) is 0. The quantitative estimate of drug-likeness (QED) is 0.633. The molecule has 0 aromatic heterocycles. The van der Waals surface area contributed by atoms with Crippen molar-refractivity contribution in [3.8, 4) is 0 Å². The van der Waals surface area contributed by atoms with E-state index in [1.807, 2.05) is 0 Å². The normalized spacial score (nSPS) is 18.3. The van der Waals surface area contributed by atoms with E-state index in [0.717, 1.165) is 0 Å². The molecule has 0 atom stereocenters. The number of hydrogen-bond donors (Lipinski definition) is 0. The third-order valence-corrected chi connectivity index (χ3v) is 3.58. The molecule has 0 bridgehead atoms. The van der Waals surface area contributed by atoms with E-state index < -0.39 is 0 Å². The van der Waals surface area contributed by atoms with Crippen molar-refractivity contribution in [2.75, 3.05) is 0 Å². The Bertz CT molecular complexity index is 396. The second-order valence-electron chi connectivity index (χ2n) is 5.39. The molecule has 0 aliphatic heterocycles. The van der Waals surface area contributed by atoms with Crippen molar-refractivity contribution in [1.82, 2.24) is 0 Å². The summed E-state index contributed by atoms with van der Waals surface area (Å²) in [5.74, 6) is 0. The molecule has 0 heterocycles. The lowest BCUT2D eigenvalue weighted by Crippen LogP contribution is -2.23. The van der Waals surface area contributed by atoms with Crippen molar-refractivity contribution in [2.45, 2.75) is 45.4 Å². The van der Waals surface area contributed by atoms with Gasteiger partial charge in [-0.2, -0.15) is 0 Å². The summed E-state index contributed by atoms with van der Waals surface area (Å²) in [6, 6.07) is 6.85. The maximum atomic E-state index is 4.01. The van der Waals surface area contributed by atoms with Gasteiger partial charge in [-0.05, 0) is 48.3 Å². The van der Waals surface area contributed by atoms with Gasteiger partial charge in [0.15, 0.2) is 0 Å². The molecule has 0 spiro atoms. The molecule has 1 aromatic rings.